The molecule has 1 saturated heterocycles. The third-order valence-corrected chi connectivity index (χ3v) is 11.2. The van der Waals surface area contributed by atoms with Crippen molar-refractivity contribution in [3.63, 3.8) is 0 Å². The molecule has 0 aromatic heterocycles. The molecule has 0 aromatic rings. The standard InChI is InChI=1S/C43H80NO9P/c1-8-12-14-16-17-18-19-20-21-22-23-24-25-27-28-30-37(5)44-40-42(49-35-32-38(48-7)31-29-26-15-13-9-2)41(39(36-47-6)52-43(40)45)53-54(46,50-33-10-3)51-34-11-4/h10-11,18-19,38-45H,3-5,8-9,12-17,20-36H2,1-2,6-7H3/b19-18-/t38-,39-,40-,41?,42-,43?/m1/s1. The van der Waals surface area contributed by atoms with Crippen LogP contribution in [0.3, 0.4) is 0 Å². The summed E-state index contributed by atoms with van der Waals surface area (Å²) < 4.78 is 54.9. The van der Waals surface area contributed by atoms with Crippen molar-refractivity contribution in [1.82, 2.24) is 5.32 Å². The van der Waals surface area contributed by atoms with Crippen molar-refractivity contribution in [2.75, 3.05) is 40.6 Å². The summed E-state index contributed by atoms with van der Waals surface area (Å²) in [6, 6.07) is -0.775. The monoisotopic (exact) mass is 786 g/mol. The molecule has 0 aromatic carbocycles. The van der Waals surface area contributed by atoms with Crippen LogP contribution >= 0.6 is 7.82 Å². The molecule has 0 radical (unpaired) electrons. The molecule has 0 amide bonds. The van der Waals surface area contributed by atoms with E-state index in [1.54, 1.807) is 7.11 Å². The number of rotatable bonds is 38. The maximum absolute atomic E-state index is 13.9. The van der Waals surface area contributed by atoms with Gasteiger partial charge in [0.1, 0.15) is 24.4 Å². The first-order chi connectivity index (χ1) is 26.3. The molecule has 316 valence electrons. The summed E-state index contributed by atoms with van der Waals surface area (Å²) >= 11 is 0. The minimum absolute atomic E-state index is 0.0202. The third kappa shape index (κ3) is 23.7. The minimum atomic E-state index is -4.15. The summed E-state index contributed by atoms with van der Waals surface area (Å²) in [5, 5.41) is 14.7. The molecule has 1 aliphatic rings. The maximum atomic E-state index is 13.9. The van der Waals surface area contributed by atoms with Gasteiger partial charge in [-0.15, -0.1) is 13.2 Å². The Hall–Kier alpha value is -1.33. The smallest absolute Gasteiger partial charge is 0.382 e. The number of ether oxygens (including phenoxy) is 4. The van der Waals surface area contributed by atoms with E-state index in [9.17, 15) is 9.67 Å². The second kappa shape index (κ2) is 33.8. The fourth-order valence-corrected chi connectivity index (χ4v) is 7.97. The summed E-state index contributed by atoms with van der Waals surface area (Å²) in [5.41, 5.74) is 0.762. The first-order valence-electron chi connectivity index (χ1n) is 21.1. The lowest BCUT2D eigenvalue weighted by Gasteiger charge is -2.45. The highest BCUT2D eigenvalue weighted by molar-refractivity contribution is 7.48. The molecule has 6 atom stereocenters. The number of hydrogen-bond donors (Lipinski definition) is 2. The van der Waals surface area contributed by atoms with Crippen LogP contribution in [0.4, 0.5) is 0 Å². The Morgan fingerprint density at radius 1 is 0.796 bits per heavy atom. The van der Waals surface area contributed by atoms with E-state index in [1.807, 2.05) is 0 Å². The number of hydrogen-bond acceptors (Lipinski definition) is 10. The second-order valence-corrected chi connectivity index (χ2v) is 16.1. The fourth-order valence-electron chi connectivity index (χ4n) is 6.64. The van der Waals surface area contributed by atoms with Gasteiger partial charge in [0.2, 0.25) is 0 Å². The van der Waals surface area contributed by atoms with Crippen LogP contribution in [0.1, 0.15) is 149 Å². The normalized spacial score (nSPS) is 21.0. The van der Waals surface area contributed by atoms with Crippen LogP contribution in [0.25, 0.3) is 0 Å². The van der Waals surface area contributed by atoms with Gasteiger partial charge < -0.3 is 29.4 Å². The molecule has 54 heavy (non-hydrogen) atoms. The number of phosphoric ester groups is 1. The summed E-state index contributed by atoms with van der Waals surface area (Å²) in [6.45, 7) is 16.3. The van der Waals surface area contributed by atoms with Gasteiger partial charge >= 0.3 is 7.82 Å². The average molecular weight is 786 g/mol. The van der Waals surface area contributed by atoms with Crippen LogP contribution in [0.15, 0.2) is 49.7 Å². The van der Waals surface area contributed by atoms with Gasteiger partial charge in [0, 0.05) is 26.5 Å². The number of aliphatic hydroxyl groups excluding tert-OH is 1. The van der Waals surface area contributed by atoms with Crippen LogP contribution in [0.5, 0.6) is 0 Å². The van der Waals surface area contributed by atoms with Gasteiger partial charge in [0.05, 0.1) is 25.9 Å². The molecular weight excluding hydrogens is 705 g/mol. The minimum Gasteiger partial charge on any atom is -0.382 e. The first-order valence-corrected chi connectivity index (χ1v) is 22.6. The molecule has 0 bridgehead atoms. The largest absolute Gasteiger partial charge is 0.475 e. The molecule has 11 heteroatoms. The van der Waals surface area contributed by atoms with Crippen LogP contribution in [-0.4, -0.2) is 82.5 Å². The highest BCUT2D eigenvalue weighted by Crippen LogP contribution is 2.52. The van der Waals surface area contributed by atoms with E-state index in [0.29, 0.717) is 13.0 Å². The Kier molecular flexibility index (Phi) is 31.7. The van der Waals surface area contributed by atoms with Crippen molar-refractivity contribution < 1.29 is 42.2 Å². The molecule has 1 fully saturated rings. The predicted octanol–water partition coefficient (Wildman–Crippen LogP) is 10.9. The fraction of sp³-hybridized carbons (Fsp3) is 0.814. The Balaban J connectivity index is 2.86. The van der Waals surface area contributed by atoms with Crippen molar-refractivity contribution in [2.24, 2.45) is 0 Å². The number of aliphatic hydroxyl groups is 1. The lowest BCUT2D eigenvalue weighted by Crippen LogP contribution is -2.64. The van der Waals surface area contributed by atoms with Gasteiger partial charge in [-0.05, 0) is 51.4 Å². The molecule has 1 aliphatic heterocycles. The molecule has 0 aliphatic carbocycles. The summed E-state index contributed by atoms with van der Waals surface area (Å²) in [6.07, 6.45) is 28.0. The first kappa shape index (κ1) is 50.7. The average Bonchev–Trinajstić information content (AvgIpc) is 3.16. The quantitative estimate of drug-likeness (QED) is 0.0356. The van der Waals surface area contributed by atoms with E-state index in [4.69, 9.17) is 32.5 Å². The zero-order valence-electron chi connectivity index (χ0n) is 34.7. The zero-order valence-corrected chi connectivity index (χ0v) is 35.6. The number of allylic oxidation sites excluding steroid dienone is 3. The number of phosphoric acid groups is 1. The lowest BCUT2D eigenvalue weighted by atomic mass is 9.96. The van der Waals surface area contributed by atoms with E-state index < -0.39 is 38.5 Å². The Morgan fingerprint density at radius 3 is 1.93 bits per heavy atom. The second-order valence-electron chi connectivity index (χ2n) is 14.5. The van der Waals surface area contributed by atoms with Crippen molar-refractivity contribution in [3.8, 4) is 0 Å². The Labute approximate surface area is 330 Å². The topological polar surface area (TPSA) is 114 Å². The van der Waals surface area contributed by atoms with Crippen LogP contribution in [-0.2, 0) is 37.1 Å². The third-order valence-electron chi connectivity index (χ3n) is 9.77. The van der Waals surface area contributed by atoms with E-state index in [2.05, 4.69) is 51.1 Å². The Morgan fingerprint density at radius 2 is 1.35 bits per heavy atom. The summed E-state index contributed by atoms with van der Waals surface area (Å²) in [5.74, 6) is 0. The van der Waals surface area contributed by atoms with Gasteiger partial charge in [-0.3, -0.25) is 13.6 Å². The van der Waals surface area contributed by atoms with E-state index in [-0.39, 0.29) is 25.9 Å². The molecule has 10 nitrogen and oxygen atoms in total. The van der Waals surface area contributed by atoms with Gasteiger partial charge in [-0.25, -0.2) is 4.57 Å². The molecule has 2 N–H and O–H groups in total. The number of unbranched alkanes of at least 4 members (excludes halogenated alkanes) is 15. The van der Waals surface area contributed by atoms with Crippen LogP contribution < -0.4 is 5.32 Å². The molecule has 0 spiro atoms. The van der Waals surface area contributed by atoms with E-state index >= 15 is 0 Å². The summed E-state index contributed by atoms with van der Waals surface area (Å²) in [4.78, 5) is 0. The van der Waals surface area contributed by atoms with Gasteiger partial charge in [-0.1, -0.05) is 128 Å². The predicted molar refractivity (Wildman–Crippen MR) is 222 cm³/mol. The van der Waals surface area contributed by atoms with Crippen molar-refractivity contribution >= 4 is 7.82 Å². The van der Waals surface area contributed by atoms with E-state index in [1.165, 1.54) is 116 Å². The molecule has 2 unspecified atom stereocenters. The van der Waals surface area contributed by atoms with E-state index in [0.717, 1.165) is 37.8 Å². The van der Waals surface area contributed by atoms with Gasteiger partial charge in [-0.2, -0.15) is 0 Å². The van der Waals surface area contributed by atoms with Crippen LogP contribution in [0, 0.1) is 0 Å². The highest BCUT2D eigenvalue weighted by Gasteiger charge is 2.50. The lowest BCUT2D eigenvalue weighted by molar-refractivity contribution is -0.260. The van der Waals surface area contributed by atoms with Crippen molar-refractivity contribution in [1.29, 1.82) is 0 Å². The molecule has 1 heterocycles. The van der Waals surface area contributed by atoms with Crippen molar-refractivity contribution in [2.45, 2.75) is 185 Å². The zero-order chi connectivity index (χ0) is 39.7. The van der Waals surface area contributed by atoms with Crippen LogP contribution in [0.2, 0.25) is 0 Å². The SMILES string of the molecule is C=CCOP(=O)(OCC=C)OC1[C@@H](COC)OC(O)[C@H](NC(=C)CCCCCCCCC/C=C\CCCCCC)[C@H]1OCC[C@@H](CCCCCCC)OC. The number of methoxy groups -OCH3 is 2. The summed E-state index contributed by atoms with van der Waals surface area (Å²) in [7, 11) is -0.896. The van der Waals surface area contributed by atoms with Gasteiger partial charge in [0.25, 0.3) is 0 Å². The maximum Gasteiger partial charge on any atom is 0.475 e. The van der Waals surface area contributed by atoms with Gasteiger partial charge in [0.15, 0.2) is 6.29 Å². The highest BCUT2D eigenvalue weighted by atomic mass is 31.2. The molecular formula is C43H80NO9P. The molecule has 1 rings (SSSR count). The molecule has 0 saturated carbocycles. The number of nitrogens with one attached hydrogen (secondary N) is 1. The Bertz CT molecular complexity index is 995. The van der Waals surface area contributed by atoms with Crippen molar-refractivity contribution in [3.05, 3.63) is 49.7 Å².